The second-order valence-corrected chi connectivity index (χ2v) is 8.42. The maximum absolute atomic E-state index is 5.84. The van der Waals surface area contributed by atoms with Crippen molar-refractivity contribution in [3.8, 4) is 11.8 Å². The van der Waals surface area contributed by atoms with Crippen molar-refractivity contribution in [2.24, 2.45) is 5.41 Å². The summed E-state index contributed by atoms with van der Waals surface area (Å²) in [5, 5.41) is 0. The molecule has 2 saturated heterocycles. The fraction of sp³-hybridized carbons (Fsp3) is 0.435. The minimum absolute atomic E-state index is 0.0771. The quantitative estimate of drug-likeness (QED) is 0.593. The van der Waals surface area contributed by atoms with Crippen LogP contribution < -0.4 is 5.46 Å². The van der Waals surface area contributed by atoms with E-state index in [1.54, 1.807) is 0 Å². The Labute approximate surface area is 173 Å². The van der Waals surface area contributed by atoms with Crippen LogP contribution in [0.15, 0.2) is 42.6 Å². The molecule has 29 heavy (non-hydrogen) atoms. The van der Waals surface area contributed by atoms with Crippen LogP contribution in [-0.4, -0.2) is 56.5 Å². The SMILES string of the molecule is CC1(C)COB(c2ccc(C#Cc3ccc(CN4CCOCC4)nc3)cc2)OC1. The van der Waals surface area contributed by atoms with Gasteiger partial charge >= 0.3 is 7.12 Å². The maximum atomic E-state index is 5.84. The number of rotatable bonds is 3. The van der Waals surface area contributed by atoms with Gasteiger partial charge in [0.2, 0.25) is 0 Å². The first-order chi connectivity index (χ1) is 14.1. The molecule has 2 aliphatic rings. The molecule has 0 atom stereocenters. The summed E-state index contributed by atoms with van der Waals surface area (Å²) in [5.74, 6) is 6.40. The number of pyridine rings is 1. The van der Waals surface area contributed by atoms with Crippen molar-refractivity contribution in [2.45, 2.75) is 20.4 Å². The van der Waals surface area contributed by atoms with E-state index in [1.807, 2.05) is 36.5 Å². The van der Waals surface area contributed by atoms with Crippen LogP contribution >= 0.6 is 0 Å². The summed E-state index contributed by atoms with van der Waals surface area (Å²) < 4.78 is 17.1. The Bertz CT molecular complexity index is 856. The second kappa shape index (κ2) is 9.10. The monoisotopic (exact) mass is 390 g/mol. The van der Waals surface area contributed by atoms with E-state index in [-0.39, 0.29) is 12.5 Å². The minimum atomic E-state index is -0.284. The van der Waals surface area contributed by atoms with E-state index in [9.17, 15) is 0 Å². The molecule has 0 amide bonds. The third-order valence-electron chi connectivity index (χ3n) is 5.10. The third-order valence-corrected chi connectivity index (χ3v) is 5.10. The first kappa shape index (κ1) is 20.1. The van der Waals surface area contributed by atoms with E-state index in [0.29, 0.717) is 13.2 Å². The molecule has 150 valence electrons. The van der Waals surface area contributed by atoms with Crippen LogP contribution in [-0.2, 0) is 20.6 Å². The van der Waals surface area contributed by atoms with E-state index in [4.69, 9.17) is 14.0 Å². The third kappa shape index (κ3) is 5.68. The Balaban J connectivity index is 1.34. The molecular weight excluding hydrogens is 363 g/mol. The maximum Gasteiger partial charge on any atom is 0.493 e. The Hall–Kier alpha value is -2.17. The van der Waals surface area contributed by atoms with Crippen LogP contribution in [0.1, 0.15) is 30.7 Å². The van der Waals surface area contributed by atoms with Crippen molar-refractivity contribution in [1.82, 2.24) is 9.88 Å². The lowest BCUT2D eigenvalue weighted by atomic mass is 9.76. The molecule has 3 heterocycles. The molecule has 0 radical (unpaired) electrons. The van der Waals surface area contributed by atoms with Crippen molar-refractivity contribution >= 4 is 12.6 Å². The van der Waals surface area contributed by atoms with Gasteiger partial charge in [0.05, 0.1) is 18.9 Å². The molecule has 5 nitrogen and oxygen atoms in total. The summed E-state index contributed by atoms with van der Waals surface area (Å²) in [6.45, 7) is 10.1. The van der Waals surface area contributed by atoms with Gasteiger partial charge in [-0.15, -0.1) is 0 Å². The molecule has 0 aliphatic carbocycles. The molecule has 0 bridgehead atoms. The number of nitrogens with zero attached hydrogens (tertiary/aromatic N) is 2. The van der Waals surface area contributed by atoms with Gasteiger partial charge in [0.1, 0.15) is 0 Å². The number of benzene rings is 1. The molecule has 2 fully saturated rings. The van der Waals surface area contributed by atoms with E-state index in [0.717, 1.165) is 55.1 Å². The number of hydrogen-bond acceptors (Lipinski definition) is 5. The fourth-order valence-corrected chi connectivity index (χ4v) is 3.33. The van der Waals surface area contributed by atoms with E-state index in [1.165, 1.54) is 0 Å². The summed E-state index contributed by atoms with van der Waals surface area (Å²) in [4.78, 5) is 6.91. The van der Waals surface area contributed by atoms with Crippen LogP contribution in [0.25, 0.3) is 0 Å². The van der Waals surface area contributed by atoms with Crippen LogP contribution in [0.3, 0.4) is 0 Å². The van der Waals surface area contributed by atoms with E-state index >= 15 is 0 Å². The van der Waals surface area contributed by atoms with Gasteiger partial charge in [-0.25, -0.2) is 0 Å². The minimum Gasteiger partial charge on any atom is -0.407 e. The zero-order valence-electron chi connectivity index (χ0n) is 17.2. The molecule has 0 N–H and O–H groups in total. The van der Waals surface area contributed by atoms with Crippen LogP contribution in [0.5, 0.6) is 0 Å². The van der Waals surface area contributed by atoms with Crippen LogP contribution in [0.4, 0.5) is 0 Å². The summed E-state index contributed by atoms with van der Waals surface area (Å²) >= 11 is 0. The van der Waals surface area contributed by atoms with Crippen molar-refractivity contribution in [1.29, 1.82) is 0 Å². The van der Waals surface area contributed by atoms with Gasteiger partial charge in [0, 0.05) is 55.6 Å². The van der Waals surface area contributed by atoms with Gasteiger partial charge in [-0.1, -0.05) is 37.8 Å². The molecule has 6 heteroatoms. The van der Waals surface area contributed by atoms with Gasteiger partial charge in [0.15, 0.2) is 0 Å². The normalized spacial score (nSPS) is 19.4. The lowest BCUT2D eigenvalue weighted by Crippen LogP contribution is -2.47. The average Bonchev–Trinajstić information content (AvgIpc) is 2.75. The molecular formula is C23H27BN2O3. The molecule has 0 saturated carbocycles. The number of ether oxygens (including phenoxy) is 1. The molecule has 1 aromatic carbocycles. The topological polar surface area (TPSA) is 43.8 Å². The largest absolute Gasteiger partial charge is 0.493 e. The molecule has 2 aliphatic heterocycles. The Morgan fingerprint density at radius 2 is 1.62 bits per heavy atom. The smallest absolute Gasteiger partial charge is 0.407 e. The second-order valence-electron chi connectivity index (χ2n) is 8.42. The first-order valence-corrected chi connectivity index (χ1v) is 10.2. The molecule has 0 spiro atoms. The predicted molar refractivity (Wildman–Crippen MR) is 114 cm³/mol. The Morgan fingerprint density at radius 3 is 2.28 bits per heavy atom. The highest BCUT2D eigenvalue weighted by molar-refractivity contribution is 6.61. The van der Waals surface area contributed by atoms with Crippen LogP contribution in [0.2, 0.25) is 0 Å². The molecule has 1 aromatic heterocycles. The highest BCUT2D eigenvalue weighted by atomic mass is 16.6. The molecule has 0 unspecified atom stereocenters. The number of aromatic nitrogens is 1. The van der Waals surface area contributed by atoms with E-state index < -0.39 is 0 Å². The predicted octanol–water partition coefficient (Wildman–Crippen LogP) is 2.08. The van der Waals surface area contributed by atoms with Crippen molar-refractivity contribution in [3.63, 3.8) is 0 Å². The number of morpholine rings is 1. The lowest BCUT2D eigenvalue weighted by molar-refractivity contribution is 0.0336. The summed E-state index contributed by atoms with van der Waals surface area (Å²) in [6.07, 6.45) is 1.85. The van der Waals surface area contributed by atoms with Gasteiger partial charge in [-0.3, -0.25) is 9.88 Å². The van der Waals surface area contributed by atoms with Gasteiger partial charge in [0.25, 0.3) is 0 Å². The molecule has 2 aromatic rings. The highest BCUT2D eigenvalue weighted by Gasteiger charge is 2.33. The van der Waals surface area contributed by atoms with Crippen LogP contribution in [0, 0.1) is 17.3 Å². The standard InChI is InChI=1S/C23H27BN2O3/c1-23(2)17-28-24(29-18-23)21-8-5-19(6-9-21)3-4-20-7-10-22(25-15-20)16-26-11-13-27-14-12-26/h5-10,15H,11-14,16-18H2,1-2H3. The van der Waals surface area contributed by atoms with Gasteiger partial charge in [-0.2, -0.15) is 0 Å². The van der Waals surface area contributed by atoms with Crippen molar-refractivity contribution in [2.75, 3.05) is 39.5 Å². The average molecular weight is 390 g/mol. The Kier molecular flexibility index (Phi) is 6.32. The fourth-order valence-electron chi connectivity index (χ4n) is 3.33. The van der Waals surface area contributed by atoms with Crippen molar-refractivity contribution < 1.29 is 14.0 Å². The number of hydrogen-bond donors (Lipinski definition) is 0. The van der Waals surface area contributed by atoms with Gasteiger partial charge < -0.3 is 14.0 Å². The zero-order chi connectivity index (χ0) is 20.1. The zero-order valence-corrected chi connectivity index (χ0v) is 17.2. The lowest BCUT2D eigenvalue weighted by Gasteiger charge is -2.33. The summed E-state index contributed by atoms with van der Waals surface area (Å²) in [5.41, 5.74) is 4.05. The van der Waals surface area contributed by atoms with Crippen molar-refractivity contribution in [3.05, 3.63) is 59.4 Å². The molecule has 4 rings (SSSR count). The first-order valence-electron chi connectivity index (χ1n) is 10.2. The van der Waals surface area contributed by atoms with E-state index in [2.05, 4.69) is 41.6 Å². The summed E-state index contributed by atoms with van der Waals surface area (Å²) in [6, 6.07) is 12.2. The highest BCUT2D eigenvalue weighted by Crippen LogP contribution is 2.21. The summed E-state index contributed by atoms with van der Waals surface area (Å²) in [7, 11) is -0.284. The van der Waals surface area contributed by atoms with Gasteiger partial charge in [-0.05, 0) is 29.7 Å². The Morgan fingerprint density at radius 1 is 0.966 bits per heavy atom.